The number of ether oxygens (including phenoxy) is 1. The van der Waals surface area contributed by atoms with Crippen LogP contribution in [-0.2, 0) is 10.0 Å². The van der Waals surface area contributed by atoms with Crippen molar-refractivity contribution in [3.8, 4) is 5.75 Å². The molecule has 0 radical (unpaired) electrons. The van der Waals surface area contributed by atoms with Gasteiger partial charge in [0, 0.05) is 17.4 Å². The number of para-hydroxylation sites is 1. The molecule has 8 heteroatoms. The third-order valence-corrected chi connectivity index (χ3v) is 7.65. The maximum absolute atomic E-state index is 13.6. The SMILES string of the molecule is COc1ccc(C2=NN(S(=O)(=O)c3ccccc3)C(c3cc4ccccc4nc3Cl)C2)cc1. The molecule has 0 saturated heterocycles. The Bertz CT molecular complexity index is 1460. The summed E-state index contributed by atoms with van der Waals surface area (Å²) in [5, 5.41) is 5.72. The van der Waals surface area contributed by atoms with E-state index in [4.69, 9.17) is 16.3 Å². The lowest BCUT2D eigenvalue weighted by atomic mass is 9.99. The summed E-state index contributed by atoms with van der Waals surface area (Å²) in [4.78, 5) is 4.67. The third kappa shape index (κ3) is 3.94. The Morgan fingerprint density at radius 1 is 0.970 bits per heavy atom. The van der Waals surface area contributed by atoms with Crippen molar-refractivity contribution < 1.29 is 13.2 Å². The van der Waals surface area contributed by atoms with Crippen LogP contribution >= 0.6 is 11.6 Å². The quantitative estimate of drug-likeness (QED) is 0.359. The van der Waals surface area contributed by atoms with Gasteiger partial charge in [-0.05, 0) is 54.1 Å². The number of sulfonamides is 1. The van der Waals surface area contributed by atoms with Gasteiger partial charge in [0.05, 0.1) is 29.3 Å². The van der Waals surface area contributed by atoms with Crippen molar-refractivity contribution in [1.82, 2.24) is 9.40 Å². The fourth-order valence-electron chi connectivity index (χ4n) is 3.94. The Labute approximate surface area is 197 Å². The summed E-state index contributed by atoms with van der Waals surface area (Å²) in [5.74, 6) is 0.712. The number of aromatic nitrogens is 1. The molecule has 1 atom stereocenters. The Hall–Kier alpha value is -3.42. The molecule has 1 unspecified atom stereocenters. The van der Waals surface area contributed by atoms with Crippen LogP contribution < -0.4 is 4.74 Å². The van der Waals surface area contributed by atoms with Gasteiger partial charge in [-0.25, -0.2) is 4.98 Å². The van der Waals surface area contributed by atoms with Crippen molar-refractivity contribution in [2.75, 3.05) is 7.11 Å². The summed E-state index contributed by atoms with van der Waals surface area (Å²) < 4.78 is 33.6. The summed E-state index contributed by atoms with van der Waals surface area (Å²) in [6, 6.07) is 24.5. The van der Waals surface area contributed by atoms with Crippen molar-refractivity contribution in [3.05, 3.63) is 101 Å². The molecule has 1 aliphatic rings. The van der Waals surface area contributed by atoms with E-state index in [0.717, 1.165) is 16.5 Å². The van der Waals surface area contributed by atoms with Gasteiger partial charge in [-0.2, -0.15) is 17.9 Å². The van der Waals surface area contributed by atoms with E-state index in [9.17, 15) is 8.42 Å². The van der Waals surface area contributed by atoms with E-state index in [0.29, 0.717) is 23.4 Å². The molecule has 0 N–H and O–H groups in total. The van der Waals surface area contributed by atoms with Crippen LogP contribution in [0.3, 0.4) is 0 Å². The predicted octanol–water partition coefficient (Wildman–Crippen LogP) is 5.44. The number of hydrogen-bond donors (Lipinski definition) is 0. The minimum Gasteiger partial charge on any atom is -0.497 e. The molecule has 6 nitrogen and oxygen atoms in total. The Morgan fingerprint density at radius 3 is 2.39 bits per heavy atom. The van der Waals surface area contributed by atoms with Crippen molar-refractivity contribution in [2.45, 2.75) is 17.4 Å². The second-order valence-corrected chi connectivity index (χ2v) is 9.80. The average Bonchev–Trinajstić information content (AvgIpc) is 3.30. The van der Waals surface area contributed by atoms with Crippen molar-refractivity contribution in [1.29, 1.82) is 0 Å². The molecule has 0 fully saturated rings. The fourth-order valence-corrected chi connectivity index (χ4v) is 5.66. The van der Waals surface area contributed by atoms with Crippen LogP contribution in [0, 0.1) is 0 Å². The highest BCUT2D eigenvalue weighted by molar-refractivity contribution is 7.89. The smallest absolute Gasteiger partial charge is 0.279 e. The zero-order valence-electron chi connectivity index (χ0n) is 17.7. The van der Waals surface area contributed by atoms with Crippen LogP contribution in [0.1, 0.15) is 23.6 Å². The first-order valence-corrected chi connectivity index (χ1v) is 12.2. The van der Waals surface area contributed by atoms with Gasteiger partial charge in [0.15, 0.2) is 0 Å². The maximum Gasteiger partial charge on any atom is 0.279 e. The zero-order valence-corrected chi connectivity index (χ0v) is 19.3. The largest absolute Gasteiger partial charge is 0.497 e. The number of pyridine rings is 1. The lowest BCUT2D eigenvalue weighted by molar-refractivity contribution is 0.371. The van der Waals surface area contributed by atoms with E-state index in [1.807, 2.05) is 54.6 Å². The van der Waals surface area contributed by atoms with Gasteiger partial charge in [-0.3, -0.25) is 0 Å². The highest BCUT2D eigenvalue weighted by atomic mass is 35.5. The molecule has 166 valence electrons. The standard InChI is InChI=1S/C25H20ClN3O3S/c1-32-19-13-11-17(12-14-19)23-16-24(21-15-18-7-5-6-10-22(18)27-25(21)26)29(28-23)33(30,31)20-8-3-2-4-9-20/h2-15,24H,16H2,1H3. The molecule has 0 spiro atoms. The number of rotatable bonds is 5. The van der Waals surface area contributed by atoms with Crippen LogP contribution in [0.5, 0.6) is 5.75 Å². The second kappa shape index (κ2) is 8.50. The van der Waals surface area contributed by atoms with Gasteiger partial charge in [-0.1, -0.05) is 48.0 Å². The predicted molar refractivity (Wildman–Crippen MR) is 129 cm³/mol. The molecular formula is C25H20ClN3O3S. The molecule has 0 amide bonds. The number of methoxy groups -OCH3 is 1. The average molecular weight is 478 g/mol. The zero-order chi connectivity index (χ0) is 23.0. The van der Waals surface area contributed by atoms with Gasteiger partial charge < -0.3 is 4.74 Å². The van der Waals surface area contributed by atoms with Crippen LogP contribution in [0.2, 0.25) is 5.15 Å². The van der Waals surface area contributed by atoms with Crippen molar-refractivity contribution in [2.24, 2.45) is 5.10 Å². The van der Waals surface area contributed by atoms with E-state index >= 15 is 0 Å². The van der Waals surface area contributed by atoms with E-state index < -0.39 is 16.1 Å². The molecule has 0 aliphatic carbocycles. The van der Waals surface area contributed by atoms with Gasteiger partial charge in [-0.15, -0.1) is 0 Å². The van der Waals surface area contributed by atoms with E-state index in [1.54, 1.807) is 37.4 Å². The Morgan fingerprint density at radius 2 is 1.67 bits per heavy atom. The Balaban J connectivity index is 1.64. The van der Waals surface area contributed by atoms with Crippen LogP contribution in [0.4, 0.5) is 0 Å². The third-order valence-electron chi connectivity index (χ3n) is 5.65. The maximum atomic E-state index is 13.6. The van der Waals surface area contributed by atoms with Crippen LogP contribution in [0.25, 0.3) is 10.9 Å². The lowest BCUT2D eigenvalue weighted by Crippen LogP contribution is -2.27. The van der Waals surface area contributed by atoms with Gasteiger partial charge in [0.25, 0.3) is 10.0 Å². The lowest BCUT2D eigenvalue weighted by Gasteiger charge is -2.24. The van der Waals surface area contributed by atoms with Crippen molar-refractivity contribution in [3.63, 3.8) is 0 Å². The first-order chi connectivity index (χ1) is 16.0. The second-order valence-electron chi connectivity index (χ2n) is 7.65. The summed E-state index contributed by atoms with van der Waals surface area (Å²) >= 11 is 6.58. The molecule has 0 saturated carbocycles. The Kier molecular flexibility index (Phi) is 5.52. The number of halogens is 1. The summed E-state index contributed by atoms with van der Waals surface area (Å²) in [5.41, 5.74) is 2.82. The molecule has 0 bridgehead atoms. The van der Waals surface area contributed by atoms with Gasteiger partial charge >= 0.3 is 0 Å². The van der Waals surface area contributed by atoms with Crippen molar-refractivity contribution >= 4 is 38.2 Å². The highest BCUT2D eigenvalue weighted by Gasteiger charge is 2.39. The normalized spacial score (nSPS) is 16.1. The number of fused-ring (bicyclic) bond motifs is 1. The van der Waals surface area contributed by atoms with Gasteiger partial charge in [0.1, 0.15) is 10.9 Å². The minimum atomic E-state index is -3.93. The van der Waals surface area contributed by atoms with Crippen LogP contribution in [-0.4, -0.2) is 30.6 Å². The summed E-state index contributed by atoms with van der Waals surface area (Å²) in [6.45, 7) is 0. The van der Waals surface area contributed by atoms with E-state index in [2.05, 4.69) is 10.1 Å². The number of nitrogens with zero attached hydrogens (tertiary/aromatic N) is 3. The van der Waals surface area contributed by atoms with Gasteiger partial charge in [0.2, 0.25) is 0 Å². The van der Waals surface area contributed by atoms with E-state index in [1.165, 1.54) is 4.41 Å². The molecular weight excluding hydrogens is 458 g/mol. The molecule has 1 aromatic heterocycles. The molecule has 1 aliphatic heterocycles. The molecule has 2 heterocycles. The first kappa shape index (κ1) is 21.4. The molecule has 4 aromatic rings. The summed E-state index contributed by atoms with van der Waals surface area (Å²) in [6.07, 6.45) is 0.359. The topological polar surface area (TPSA) is 71.9 Å². The van der Waals surface area contributed by atoms with Crippen LogP contribution in [0.15, 0.2) is 94.9 Å². The monoisotopic (exact) mass is 477 g/mol. The van der Waals surface area contributed by atoms with E-state index in [-0.39, 0.29) is 10.0 Å². The number of hydrazone groups is 1. The highest BCUT2D eigenvalue weighted by Crippen LogP contribution is 2.40. The molecule has 3 aromatic carbocycles. The number of hydrogen-bond acceptors (Lipinski definition) is 5. The fraction of sp³-hybridized carbons (Fsp3) is 0.120. The minimum absolute atomic E-state index is 0.166. The summed E-state index contributed by atoms with van der Waals surface area (Å²) in [7, 11) is -2.33. The molecule has 33 heavy (non-hydrogen) atoms. The first-order valence-electron chi connectivity index (χ1n) is 10.3. The molecule has 5 rings (SSSR count). The number of benzene rings is 3.